The Labute approximate surface area is 192 Å². The predicted molar refractivity (Wildman–Crippen MR) is 121 cm³/mol. The number of aliphatic hydroxyl groups is 1. The third-order valence-corrected chi connectivity index (χ3v) is 7.54. The third kappa shape index (κ3) is 3.94. The molecule has 0 spiro atoms. The smallest absolute Gasteiger partial charge is 0.272 e. The highest BCUT2D eigenvalue weighted by atomic mass is 16.3. The van der Waals surface area contributed by atoms with Gasteiger partial charge >= 0.3 is 0 Å². The van der Waals surface area contributed by atoms with Gasteiger partial charge in [0, 0.05) is 49.2 Å². The van der Waals surface area contributed by atoms with E-state index in [4.69, 9.17) is 0 Å². The maximum atomic E-state index is 12.9. The van der Waals surface area contributed by atoms with Gasteiger partial charge in [-0.15, -0.1) is 10.2 Å². The van der Waals surface area contributed by atoms with Gasteiger partial charge in [-0.3, -0.25) is 9.78 Å². The second-order valence-corrected chi connectivity index (χ2v) is 9.60. The molecule has 33 heavy (non-hydrogen) atoms. The monoisotopic (exact) mass is 444 g/mol. The van der Waals surface area contributed by atoms with Crippen molar-refractivity contribution in [3.8, 4) is 0 Å². The van der Waals surface area contributed by atoms with Crippen LogP contribution in [0, 0.1) is 11.8 Å². The molecule has 1 aliphatic carbocycles. The van der Waals surface area contributed by atoms with E-state index in [0.29, 0.717) is 29.6 Å². The molecule has 2 N–H and O–H groups in total. The average Bonchev–Trinajstić information content (AvgIpc) is 3.38. The average molecular weight is 445 g/mol. The van der Waals surface area contributed by atoms with Crippen LogP contribution in [-0.4, -0.2) is 60.8 Å². The highest BCUT2D eigenvalue weighted by Gasteiger charge is 2.57. The van der Waals surface area contributed by atoms with Crippen molar-refractivity contribution in [2.45, 2.75) is 43.5 Å². The van der Waals surface area contributed by atoms with E-state index in [9.17, 15) is 9.90 Å². The van der Waals surface area contributed by atoms with E-state index < -0.39 is 6.10 Å². The maximum Gasteiger partial charge on any atom is 0.272 e. The molecule has 3 aliphatic rings. The molecule has 8 heteroatoms. The number of amides is 1. The van der Waals surface area contributed by atoms with Gasteiger partial charge in [-0.05, 0) is 36.5 Å². The number of nitrogens with one attached hydrogen (secondary N) is 1. The van der Waals surface area contributed by atoms with Crippen molar-refractivity contribution in [3.63, 3.8) is 0 Å². The van der Waals surface area contributed by atoms with Crippen molar-refractivity contribution < 1.29 is 9.90 Å². The Kier molecular flexibility index (Phi) is 5.19. The Morgan fingerprint density at radius 1 is 1.06 bits per heavy atom. The normalized spacial score (nSPS) is 29.1. The summed E-state index contributed by atoms with van der Waals surface area (Å²) in [6.07, 6.45) is 7.65. The van der Waals surface area contributed by atoms with Crippen molar-refractivity contribution in [1.82, 2.24) is 30.0 Å². The van der Waals surface area contributed by atoms with Crippen LogP contribution >= 0.6 is 0 Å². The fraction of sp³-hybridized carbons (Fsp3) is 0.440. The number of benzene rings is 1. The molecule has 3 fully saturated rings. The number of hydrogen-bond donors (Lipinski definition) is 2. The lowest BCUT2D eigenvalue weighted by molar-refractivity contribution is 0.0763. The Bertz CT molecular complexity index is 1090. The summed E-state index contributed by atoms with van der Waals surface area (Å²) in [4.78, 5) is 19.3. The van der Waals surface area contributed by atoms with Crippen molar-refractivity contribution in [3.05, 3.63) is 78.1 Å². The number of hydrogen-bond acceptors (Lipinski definition) is 6. The zero-order valence-electron chi connectivity index (χ0n) is 18.4. The lowest BCUT2D eigenvalue weighted by Gasteiger charge is -2.21. The number of carbonyl (C=O) groups is 1. The first kappa shape index (κ1) is 20.5. The molecule has 1 unspecified atom stereocenters. The molecule has 1 aromatic carbocycles. The number of pyridine rings is 1. The summed E-state index contributed by atoms with van der Waals surface area (Å²) in [5, 5.41) is 22.0. The molecule has 0 bridgehead atoms. The van der Waals surface area contributed by atoms with Crippen molar-refractivity contribution in [2.24, 2.45) is 11.8 Å². The minimum absolute atomic E-state index is 0.0151. The van der Waals surface area contributed by atoms with Gasteiger partial charge in [-0.25, -0.2) is 0 Å². The van der Waals surface area contributed by atoms with Crippen molar-refractivity contribution >= 4 is 5.91 Å². The highest BCUT2D eigenvalue weighted by Crippen LogP contribution is 2.55. The van der Waals surface area contributed by atoms with Gasteiger partial charge in [-0.2, -0.15) is 0 Å². The molecular weight excluding hydrogens is 416 g/mol. The molecule has 2 aromatic heterocycles. The fourth-order valence-electron chi connectivity index (χ4n) is 5.73. The second kappa shape index (κ2) is 8.35. The molecule has 170 valence electrons. The number of rotatable bonds is 6. The predicted octanol–water partition coefficient (Wildman–Crippen LogP) is 2.01. The van der Waals surface area contributed by atoms with Gasteiger partial charge in [0.1, 0.15) is 18.3 Å². The molecule has 6 rings (SSSR count). The van der Waals surface area contributed by atoms with Crippen LogP contribution in [0.25, 0.3) is 0 Å². The standard InChI is InChI=1S/C25H28N6O2/c32-24(17-4-2-1-3-5-17)21-9-7-18(29-21)10-16-6-8-22(26-11-16)25(33)30-12-19-20(13-30)23(19)31-14-27-28-15-31/h1-6,8,11,14-15,18-21,23-24,29,32H,7,9-10,12-13H2/t18-,19-,20+,21+,23?,24+/m0/s1. The summed E-state index contributed by atoms with van der Waals surface area (Å²) in [6, 6.07) is 14.5. The summed E-state index contributed by atoms with van der Waals surface area (Å²) >= 11 is 0. The molecule has 1 saturated carbocycles. The third-order valence-electron chi connectivity index (χ3n) is 7.54. The Morgan fingerprint density at radius 3 is 2.52 bits per heavy atom. The largest absolute Gasteiger partial charge is 0.387 e. The van der Waals surface area contributed by atoms with Gasteiger partial charge in [-0.1, -0.05) is 36.4 Å². The van der Waals surface area contributed by atoms with Gasteiger partial charge in [0.25, 0.3) is 5.91 Å². The van der Waals surface area contributed by atoms with Crippen LogP contribution in [0.5, 0.6) is 0 Å². The molecular formula is C25H28N6O2. The van der Waals surface area contributed by atoms with Gasteiger partial charge < -0.3 is 19.9 Å². The first-order valence-electron chi connectivity index (χ1n) is 11.7. The zero-order chi connectivity index (χ0) is 22.4. The lowest BCUT2D eigenvalue weighted by Crippen LogP contribution is -2.35. The van der Waals surface area contributed by atoms with Crippen LogP contribution in [0.2, 0.25) is 0 Å². The van der Waals surface area contributed by atoms with Gasteiger partial charge in [0.15, 0.2) is 0 Å². The van der Waals surface area contributed by atoms with Crippen molar-refractivity contribution in [1.29, 1.82) is 0 Å². The van der Waals surface area contributed by atoms with E-state index in [0.717, 1.165) is 43.5 Å². The van der Waals surface area contributed by atoms with E-state index >= 15 is 0 Å². The molecule has 3 aromatic rings. The second-order valence-electron chi connectivity index (χ2n) is 9.60. The molecule has 1 amide bonds. The summed E-state index contributed by atoms with van der Waals surface area (Å²) in [5.41, 5.74) is 2.57. The van der Waals surface area contributed by atoms with E-state index in [1.807, 2.05) is 53.6 Å². The quantitative estimate of drug-likeness (QED) is 0.604. The van der Waals surface area contributed by atoms with Gasteiger partial charge in [0.05, 0.1) is 6.10 Å². The van der Waals surface area contributed by atoms with Crippen LogP contribution in [0.15, 0.2) is 61.3 Å². The number of likely N-dealkylation sites (tertiary alicyclic amines) is 1. The summed E-state index contributed by atoms with van der Waals surface area (Å²) in [6.45, 7) is 1.54. The molecule has 4 heterocycles. The Balaban J connectivity index is 1.02. The zero-order valence-corrected chi connectivity index (χ0v) is 18.4. The number of aromatic nitrogens is 4. The number of piperidine rings is 1. The molecule has 6 atom stereocenters. The van der Waals surface area contributed by atoms with Gasteiger partial charge in [0.2, 0.25) is 0 Å². The van der Waals surface area contributed by atoms with Crippen LogP contribution in [0.4, 0.5) is 0 Å². The van der Waals surface area contributed by atoms with Crippen LogP contribution in [0.1, 0.15) is 46.6 Å². The number of carbonyl (C=O) groups excluding carboxylic acids is 1. The number of nitrogens with zero attached hydrogens (tertiary/aromatic N) is 5. The highest BCUT2D eigenvalue weighted by molar-refractivity contribution is 5.92. The Morgan fingerprint density at radius 2 is 1.82 bits per heavy atom. The summed E-state index contributed by atoms with van der Waals surface area (Å²) in [7, 11) is 0. The first-order valence-corrected chi connectivity index (χ1v) is 11.7. The van der Waals surface area contributed by atoms with E-state index in [-0.39, 0.29) is 11.9 Å². The molecule has 8 nitrogen and oxygen atoms in total. The number of aliphatic hydroxyl groups excluding tert-OH is 1. The molecule has 2 aliphatic heterocycles. The van der Waals surface area contributed by atoms with Crippen LogP contribution < -0.4 is 5.32 Å². The first-order chi connectivity index (χ1) is 16.2. The van der Waals surface area contributed by atoms with Crippen molar-refractivity contribution in [2.75, 3.05) is 13.1 Å². The van der Waals surface area contributed by atoms with E-state index in [1.165, 1.54) is 0 Å². The van der Waals surface area contributed by atoms with E-state index in [2.05, 4.69) is 25.1 Å². The minimum Gasteiger partial charge on any atom is -0.387 e. The lowest BCUT2D eigenvalue weighted by atomic mass is 10.0. The summed E-state index contributed by atoms with van der Waals surface area (Å²) < 4.78 is 2.06. The summed E-state index contributed by atoms with van der Waals surface area (Å²) in [5.74, 6) is 1.01. The maximum absolute atomic E-state index is 12.9. The Hall–Kier alpha value is -3.10. The van der Waals surface area contributed by atoms with E-state index in [1.54, 1.807) is 12.7 Å². The number of fused-ring (bicyclic) bond motifs is 1. The van der Waals surface area contributed by atoms with Crippen LogP contribution in [0.3, 0.4) is 0 Å². The topological polar surface area (TPSA) is 96.2 Å². The molecule has 2 saturated heterocycles. The fourth-order valence-corrected chi connectivity index (χ4v) is 5.73. The van der Waals surface area contributed by atoms with Crippen LogP contribution in [-0.2, 0) is 6.42 Å². The molecule has 0 radical (unpaired) electrons. The SMILES string of the molecule is O=C(c1ccc(C[C@@H]2CC[C@H]([C@H](O)c3ccccc3)N2)cn1)N1C[C@@H]2C(n3cnnc3)[C@@H]2C1. The minimum atomic E-state index is -0.495.